The van der Waals surface area contributed by atoms with Crippen LogP contribution in [0.4, 0.5) is 4.79 Å². The standard InChI is InChI=1S/C24H32N4O3/c1-5-6-12-25-21(29)19(14-15(2)3)28-22(30)24(4)20-17(11-13-27(24)23(28)31)16-9-7-8-10-18(16)26-20/h7-10,15,19,26H,5-6,11-14H2,1-4H3,(H,25,29)/t19-,24-/m1/s1. The first-order valence-corrected chi connectivity index (χ1v) is 11.3. The van der Waals surface area contributed by atoms with E-state index in [9.17, 15) is 14.4 Å². The Bertz CT molecular complexity index is 1030. The van der Waals surface area contributed by atoms with Gasteiger partial charge in [-0.05, 0) is 43.7 Å². The Labute approximate surface area is 183 Å². The molecule has 4 amide bonds. The van der Waals surface area contributed by atoms with Crippen LogP contribution in [0.5, 0.6) is 0 Å². The molecule has 2 aromatic rings. The summed E-state index contributed by atoms with van der Waals surface area (Å²) in [6.45, 7) is 8.88. The number of nitrogens with zero attached hydrogens (tertiary/aromatic N) is 2. The number of imide groups is 1. The van der Waals surface area contributed by atoms with Crippen molar-refractivity contribution in [2.24, 2.45) is 5.92 Å². The van der Waals surface area contributed by atoms with E-state index >= 15 is 0 Å². The number of nitrogens with one attached hydrogen (secondary N) is 2. The molecule has 2 aliphatic heterocycles. The smallest absolute Gasteiger partial charge is 0.328 e. The molecule has 31 heavy (non-hydrogen) atoms. The molecule has 2 aliphatic rings. The highest BCUT2D eigenvalue weighted by Gasteiger charge is 2.60. The molecule has 0 spiro atoms. The van der Waals surface area contributed by atoms with E-state index in [1.807, 2.05) is 45.0 Å². The number of hydrogen-bond donors (Lipinski definition) is 2. The highest BCUT2D eigenvalue weighted by atomic mass is 16.2. The number of aromatic nitrogens is 1. The van der Waals surface area contributed by atoms with E-state index in [2.05, 4.69) is 17.2 Å². The third-order valence-electron chi connectivity index (χ3n) is 6.64. The van der Waals surface area contributed by atoms with Crippen molar-refractivity contribution in [3.05, 3.63) is 35.5 Å². The zero-order chi connectivity index (χ0) is 22.3. The number of aromatic amines is 1. The molecule has 7 nitrogen and oxygen atoms in total. The molecule has 0 bridgehead atoms. The Morgan fingerprint density at radius 1 is 1.26 bits per heavy atom. The van der Waals surface area contributed by atoms with Crippen LogP contribution >= 0.6 is 0 Å². The van der Waals surface area contributed by atoms with Crippen molar-refractivity contribution in [2.75, 3.05) is 13.1 Å². The summed E-state index contributed by atoms with van der Waals surface area (Å²) in [6.07, 6.45) is 2.95. The van der Waals surface area contributed by atoms with Gasteiger partial charge in [0.1, 0.15) is 6.04 Å². The SMILES string of the molecule is CCCCNC(=O)[C@@H](CC(C)C)N1C(=O)N2CCc3c([nH]c4ccccc34)[C@]2(C)C1=O. The number of fused-ring (bicyclic) bond motifs is 5. The number of para-hydroxylation sites is 1. The van der Waals surface area contributed by atoms with Crippen molar-refractivity contribution < 1.29 is 14.4 Å². The van der Waals surface area contributed by atoms with Gasteiger partial charge >= 0.3 is 6.03 Å². The molecule has 1 fully saturated rings. The largest absolute Gasteiger partial charge is 0.356 e. The van der Waals surface area contributed by atoms with E-state index in [0.717, 1.165) is 35.0 Å². The van der Waals surface area contributed by atoms with E-state index in [4.69, 9.17) is 0 Å². The first-order valence-electron chi connectivity index (χ1n) is 11.3. The number of H-pyrrole nitrogens is 1. The van der Waals surface area contributed by atoms with Crippen LogP contribution in [0.1, 0.15) is 58.2 Å². The van der Waals surface area contributed by atoms with Gasteiger partial charge in [0.05, 0.1) is 5.69 Å². The van der Waals surface area contributed by atoms with Crippen molar-refractivity contribution in [1.82, 2.24) is 20.1 Å². The molecule has 0 radical (unpaired) electrons. The molecule has 4 rings (SSSR count). The first-order chi connectivity index (χ1) is 14.8. The molecule has 166 valence electrons. The second-order valence-electron chi connectivity index (χ2n) is 9.25. The number of carbonyl (C=O) groups excluding carboxylic acids is 3. The Morgan fingerprint density at radius 2 is 2.00 bits per heavy atom. The molecule has 3 heterocycles. The van der Waals surface area contributed by atoms with E-state index in [1.54, 1.807) is 4.90 Å². The molecule has 2 N–H and O–H groups in total. The van der Waals surface area contributed by atoms with Crippen LogP contribution in [0.25, 0.3) is 10.9 Å². The summed E-state index contributed by atoms with van der Waals surface area (Å²) in [6, 6.07) is 6.81. The van der Waals surface area contributed by atoms with E-state index in [-0.39, 0.29) is 23.8 Å². The minimum Gasteiger partial charge on any atom is -0.356 e. The Kier molecular flexibility index (Phi) is 5.54. The van der Waals surface area contributed by atoms with Gasteiger partial charge in [-0.25, -0.2) is 9.69 Å². The molecular formula is C24H32N4O3. The average molecular weight is 425 g/mol. The quantitative estimate of drug-likeness (QED) is 0.527. The number of urea groups is 1. The van der Waals surface area contributed by atoms with Crippen LogP contribution in [0.3, 0.4) is 0 Å². The van der Waals surface area contributed by atoms with Crippen molar-refractivity contribution >= 4 is 28.7 Å². The Balaban J connectivity index is 1.73. The minimum absolute atomic E-state index is 0.164. The first kappa shape index (κ1) is 21.4. The fourth-order valence-electron chi connectivity index (χ4n) is 4.98. The lowest BCUT2D eigenvalue weighted by Gasteiger charge is -2.36. The summed E-state index contributed by atoms with van der Waals surface area (Å²) >= 11 is 0. The zero-order valence-electron chi connectivity index (χ0n) is 18.8. The molecular weight excluding hydrogens is 392 g/mol. The predicted octanol–water partition coefficient (Wildman–Crippen LogP) is 3.53. The summed E-state index contributed by atoms with van der Waals surface area (Å²) in [5.74, 6) is -0.401. The maximum absolute atomic E-state index is 13.8. The third kappa shape index (κ3) is 3.30. The van der Waals surface area contributed by atoms with Gasteiger partial charge < -0.3 is 15.2 Å². The van der Waals surface area contributed by atoms with Crippen LogP contribution in [-0.4, -0.2) is 51.8 Å². The zero-order valence-corrected chi connectivity index (χ0v) is 18.8. The number of rotatable bonds is 7. The maximum atomic E-state index is 13.8. The summed E-state index contributed by atoms with van der Waals surface area (Å²) in [5, 5.41) is 4.02. The van der Waals surface area contributed by atoms with Gasteiger partial charge in [0, 0.05) is 24.0 Å². The van der Waals surface area contributed by atoms with Crippen molar-refractivity contribution in [2.45, 2.75) is 65.0 Å². The van der Waals surface area contributed by atoms with Gasteiger partial charge in [0.25, 0.3) is 5.91 Å². The fraction of sp³-hybridized carbons (Fsp3) is 0.542. The maximum Gasteiger partial charge on any atom is 0.328 e. The van der Waals surface area contributed by atoms with Crippen LogP contribution in [0, 0.1) is 5.92 Å². The van der Waals surface area contributed by atoms with Crippen LogP contribution < -0.4 is 5.32 Å². The Hall–Kier alpha value is -2.83. The molecule has 0 aliphatic carbocycles. The normalized spacial score (nSPS) is 21.6. The number of amides is 4. The topological polar surface area (TPSA) is 85.5 Å². The van der Waals surface area contributed by atoms with E-state index in [1.165, 1.54) is 4.90 Å². The number of unbranched alkanes of at least 4 members (excludes halogenated alkanes) is 1. The van der Waals surface area contributed by atoms with Gasteiger partial charge in [-0.2, -0.15) is 0 Å². The van der Waals surface area contributed by atoms with Crippen LogP contribution in [-0.2, 0) is 21.5 Å². The third-order valence-corrected chi connectivity index (χ3v) is 6.64. The highest BCUT2D eigenvalue weighted by Crippen LogP contribution is 2.44. The van der Waals surface area contributed by atoms with E-state index in [0.29, 0.717) is 25.9 Å². The van der Waals surface area contributed by atoms with E-state index < -0.39 is 11.6 Å². The molecule has 1 aromatic carbocycles. The summed E-state index contributed by atoms with van der Waals surface area (Å²) in [5.41, 5.74) is 1.70. The molecule has 1 saturated heterocycles. The van der Waals surface area contributed by atoms with Crippen molar-refractivity contribution in [1.29, 1.82) is 0 Å². The lowest BCUT2D eigenvalue weighted by atomic mass is 9.87. The van der Waals surface area contributed by atoms with Gasteiger partial charge in [0.2, 0.25) is 5.91 Å². The predicted molar refractivity (Wildman–Crippen MR) is 119 cm³/mol. The average Bonchev–Trinajstić information content (AvgIpc) is 3.21. The highest BCUT2D eigenvalue weighted by molar-refractivity contribution is 6.11. The summed E-state index contributed by atoms with van der Waals surface area (Å²) < 4.78 is 0. The fourth-order valence-corrected chi connectivity index (χ4v) is 4.98. The van der Waals surface area contributed by atoms with Crippen LogP contribution in [0.2, 0.25) is 0 Å². The van der Waals surface area contributed by atoms with Gasteiger partial charge in [-0.3, -0.25) is 9.59 Å². The lowest BCUT2D eigenvalue weighted by Crippen LogP contribution is -2.51. The molecule has 1 aromatic heterocycles. The molecule has 0 unspecified atom stereocenters. The number of benzene rings is 1. The number of carbonyl (C=O) groups is 3. The summed E-state index contributed by atoms with van der Waals surface area (Å²) in [4.78, 5) is 46.6. The molecule has 0 saturated carbocycles. The molecule has 2 atom stereocenters. The monoisotopic (exact) mass is 424 g/mol. The summed E-state index contributed by atoms with van der Waals surface area (Å²) in [7, 11) is 0. The van der Waals surface area contributed by atoms with Crippen LogP contribution in [0.15, 0.2) is 24.3 Å². The minimum atomic E-state index is -1.12. The van der Waals surface area contributed by atoms with Crippen molar-refractivity contribution in [3.8, 4) is 0 Å². The second kappa shape index (κ2) is 8.02. The van der Waals surface area contributed by atoms with Crippen molar-refractivity contribution in [3.63, 3.8) is 0 Å². The van der Waals surface area contributed by atoms with Gasteiger partial charge in [0.15, 0.2) is 5.54 Å². The number of hydrogen-bond acceptors (Lipinski definition) is 3. The van der Waals surface area contributed by atoms with Gasteiger partial charge in [-0.15, -0.1) is 0 Å². The Morgan fingerprint density at radius 3 is 2.71 bits per heavy atom. The lowest BCUT2D eigenvalue weighted by molar-refractivity contribution is -0.140. The van der Waals surface area contributed by atoms with Gasteiger partial charge in [-0.1, -0.05) is 45.4 Å². The molecule has 7 heteroatoms. The second-order valence-corrected chi connectivity index (χ2v) is 9.25.